The van der Waals surface area contributed by atoms with E-state index in [9.17, 15) is 9.90 Å². The fourth-order valence-electron chi connectivity index (χ4n) is 2.74. The van der Waals surface area contributed by atoms with Crippen LogP contribution in [0.2, 0.25) is 0 Å². The predicted molar refractivity (Wildman–Crippen MR) is 66.2 cm³/mol. The number of aliphatic hydroxyl groups is 1. The fourth-order valence-corrected chi connectivity index (χ4v) is 2.74. The molecule has 0 aromatic carbocycles. The third-order valence-corrected chi connectivity index (χ3v) is 3.38. The molecule has 1 aromatic rings. The van der Waals surface area contributed by atoms with E-state index in [1.807, 2.05) is 6.07 Å². The zero-order chi connectivity index (χ0) is 13.1. The van der Waals surface area contributed by atoms with Crippen molar-refractivity contribution in [3.8, 4) is 5.75 Å². The maximum absolute atomic E-state index is 10.9. The Morgan fingerprint density at radius 3 is 2.94 bits per heavy atom. The number of carbonyl (C=O) groups is 1. The maximum Gasteiger partial charge on any atom is 0.410 e. The smallest absolute Gasteiger partial charge is 0.409 e. The van der Waals surface area contributed by atoms with Crippen LogP contribution in [0.1, 0.15) is 37.7 Å². The summed E-state index contributed by atoms with van der Waals surface area (Å²) < 4.78 is 4.96. The summed E-state index contributed by atoms with van der Waals surface area (Å²) in [5, 5.41) is 9.84. The van der Waals surface area contributed by atoms with E-state index < -0.39 is 6.09 Å². The second-order valence-electron chi connectivity index (χ2n) is 5.00. The summed E-state index contributed by atoms with van der Waals surface area (Å²) in [4.78, 5) is 14.8. The summed E-state index contributed by atoms with van der Waals surface area (Å²) in [5.74, 6) is 1.03. The van der Waals surface area contributed by atoms with Gasteiger partial charge in [-0.25, -0.2) is 4.79 Å². The number of carbonyl (C=O) groups excluding carboxylic acids is 1. The molecule has 1 aliphatic rings. The maximum atomic E-state index is 10.9. The highest BCUT2D eigenvalue weighted by Crippen LogP contribution is 2.39. The molecule has 0 aliphatic heterocycles. The van der Waals surface area contributed by atoms with Gasteiger partial charge in [0.15, 0.2) is 5.75 Å². The minimum Gasteiger partial charge on any atom is -0.409 e. The van der Waals surface area contributed by atoms with Gasteiger partial charge in [-0.1, -0.05) is 6.92 Å². The van der Waals surface area contributed by atoms with E-state index in [0.29, 0.717) is 18.1 Å². The first-order valence-corrected chi connectivity index (χ1v) is 6.15. The van der Waals surface area contributed by atoms with Crippen molar-refractivity contribution in [1.82, 2.24) is 4.98 Å². The Kier molecular flexibility index (Phi) is 3.81. The lowest BCUT2D eigenvalue weighted by molar-refractivity contribution is 0.0941. The topological polar surface area (TPSA) is 85.4 Å². The molecule has 0 saturated heterocycles. The summed E-state index contributed by atoms with van der Waals surface area (Å²) in [6.45, 7) is 2.12. The van der Waals surface area contributed by atoms with Crippen LogP contribution in [0.25, 0.3) is 0 Å². The Morgan fingerprint density at radius 1 is 1.50 bits per heavy atom. The minimum atomic E-state index is -0.839. The molecule has 0 radical (unpaired) electrons. The first-order valence-electron chi connectivity index (χ1n) is 6.15. The molecule has 1 amide bonds. The van der Waals surface area contributed by atoms with E-state index in [1.54, 1.807) is 6.20 Å². The van der Waals surface area contributed by atoms with Crippen molar-refractivity contribution in [2.75, 3.05) is 0 Å². The van der Waals surface area contributed by atoms with Crippen LogP contribution in [-0.4, -0.2) is 22.3 Å². The van der Waals surface area contributed by atoms with Gasteiger partial charge in [0.1, 0.15) is 0 Å². The second kappa shape index (κ2) is 5.35. The average Bonchev–Trinajstić information content (AvgIpc) is 2.27. The van der Waals surface area contributed by atoms with Crippen molar-refractivity contribution < 1.29 is 14.6 Å². The van der Waals surface area contributed by atoms with Gasteiger partial charge < -0.3 is 15.6 Å². The van der Waals surface area contributed by atoms with Gasteiger partial charge in [-0.15, -0.1) is 0 Å². The third kappa shape index (κ3) is 2.98. The first kappa shape index (κ1) is 12.8. The van der Waals surface area contributed by atoms with Crippen LogP contribution in [0, 0.1) is 5.92 Å². The molecule has 1 aromatic heterocycles. The normalized spacial score (nSPS) is 27.8. The van der Waals surface area contributed by atoms with Crippen molar-refractivity contribution in [2.24, 2.45) is 11.7 Å². The van der Waals surface area contributed by atoms with Gasteiger partial charge in [0.2, 0.25) is 0 Å². The molecular weight excluding hydrogens is 232 g/mol. The third-order valence-electron chi connectivity index (χ3n) is 3.38. The van der Waals surface area contributed by atoms with Crippen LogP contribution in [-0.2, 0) is 0 Å². The predicted octanol–water partition coefficient (Wildman–Crippen LogP) is 1.80. The van der Waals surface area contributed by atoms with Gasteiger partial charge in [0, 0.05) is 11.8 Å². The van der Waals surface area contributed by atoms with Crippen LogP contribution in [0.4, 0.5) is 4.79 Å². The van der Waals surface area contributed by atoms with Crippen molar-refractivity contribution >= 4 is 6.09 Å². The molecule has 1 heterocycles. The Morgan fingerprint density at radius 2 is 2.28 bits per heavy atom. The molecule has 0 spiro atoms. The van der Waals surface area contributed by atoms with Crippen molar-refractivity contribution in [1.29, 1.82) is 0 Å². The number of nitrogens with zero attached hydrogens (tertiary/aromatic N) is 1. The highest BCUT2D eigenvalue weighted by Gasteiger charge is 2.28. The summed E-state index contributed by atoms with van der Waals surface area (Å²) >= 11 is 0. The number of hydrogen-bond acceptors (Lipinski definition) is 4. The lowest BCUT2D eigenvalue weighted by Gasteiger charge is -2.31. The van der Waals surface area contributed by atoms with Crippen LogP contribution < -0.4 is 10.5 Å². The number of pyridine rings is 1. The van der Waals surface area contributed by atoms with Gasteiger partial charge in [-0.05, 0) is 37.2 Å². The Bertz CT molecular complexity index is 426. The number of nitrogens with two attached hydrogens (primary N) is 1. The van der Waals surface area contributed by atoms with Crippen LogP contribution in [0.3, 0.4) is 0 Å². The van der Waals surface area contributed by atoms with E-state index >= 15 is 0 Å². The molecule has 3 N–H and O–H groups in total. The first-order chi connectivity index (χ1) is 8.56. The van der Waals surface area contributed by atoms with Gasteiger partial charge in [-0.2, -0.15) is 0 Å². The Hall–Kier alpha value is -1.62. The number of hydrogen-bond donors (Lipinski definition) is 2. The zero-order valence-electron chi connectivity index (χ0n) is 10.4. The molecule has 0 bridgehead atoms. The molecular formula is C13H18N2O3. The van der Waals surface area contributed by atoms with E-state index in [-0.39, 0.29) is 12.0 Å². The average molecular weight is 250 g/mol. The molecule has 3 unspecified atom stereocenters. The van der Waals surface area contributed by atoms with E-state index in [0.717, 1.165) is 18.4 Å². The van der Waals surface area contributed by atoms with Crippen molar-refractivity contribution in [2.45, 2.75) is 38.2 Å². The van der Waals surface area contributed by atoms with Gasteiger partial charge in [0.25, 0.3) is 0 Å². The van der Waals surface area contributed by atoms with E-state index in [2.05, 4.69) is 11.9 Å². The minimum absolute atomic E-state index is 0.182. The summed E-state index contributed by atoms with van der Waals surface area (Å²) in [6.07, 6.45) is 4.50. The van der Waals surface area contributed by atoms with Crippen molar-refractivity contribution in [3.63, 3.8) is 0 Å². The number of aromatic nitrogens is 1. The van der Waals surface area contributed by atoms with Gasteiger partial charge >= 0.3 is 6.09 Å². The Labute approximate surface area is 106 Å². The molecule has 1 aliphatic carbocycles. The monoisotopic (exact) mass is 250 g/mol. The zero-order valence-corrected chi connectivity index (χ0v) is 10.4. The highest BCUT2D eigenvalue weighted by molar-refractivity contribution is 5.68. The lowest BCUT2D eigenvalue weighted by atomic mass is 9.77. The molecule has 5 nitrogen and oxygen atoms in total. The second-order valence-corrected chi connectivity index (χ2v) is 5.00. The Balaban J connectivity index is 2.23. The summed E-state index contributed by atoms with van der Waals surface area (Å²) in [6, 6.07) is 1.83. The molecule has 18 heavy (non-hydrogen) atoms. The van der Waals surface area contributed by atoms with Crippen LogP contribution in [0.15, 0.2) is 18.5 Å². The lowest BCUT2D eigenvalue weighted by Crippen LogP contribution is -2.25. The number of rotatable bonds is 2. The molecule has 3 atom stereocenters. The van der Waals surface area contributed by atoms with Gasteiger partial charge in [0.05, 0.1) is 12.3 Å². The number of primary amides is 1. The fraction of sp³-hybridized carbons (Fsp3) is 0.538. The summed E-state index contributed by atoms with van der Waals surface area (Å²) in [5.41, 5.74) is 5.94. The van der Waals surface area contributed by atoms with E-state index in [1.165, 1.54) is 6.20 Å². The standard InChI is InChI=1S/C13H18N2O3/c1-8-4-9(6-10(16)5-8)11-2-3-15-7-12(11)18-13(14)17/h2-3,7-10,16H,4-6H2,1H3,(H2,14,17). The number of aliphatic hydroxyl groups excluding tert-OH is 1. The van der Waals surface area contributed by atoms with Crippen LogP contribution in [0.5, 0.6) is 5.75 Å². The largest absolute Gasteiger partial charge is 0.410 e. The SMILES string of the molecule is CC1CC(O)CC(c2ccncc2OC(N)=O)C1. The molecule has 1 saturated carbocycles. The highest BCUT2D eigenvalue weighted by atomic mass is 16.5. The molecule has 1 fully saturated rings. The number of amides is 1. The number of ether oxygens (including phenoxy) is 1. The molecule has 5 heteroatoms. The van der Waals surface area contributed by atoms with Crippen molar-refractivity contribution in [3.05, 3.63) is 24.0 Å². The molecule has 98 valence electrons. The quantitative estimate of drug-likeness (QED) is 0.838. The van der Waals surface area contributed by atoms with Crippen LogP contribution >= 0.6 is 0 Å². The summed E-state index contributed by atoms with van der Waals surface area (Å²) in [7, 11) is 0. The molecule has 2 rings (SSSR count). The van der Waals surface area contributed by atoms with Gasteiger partial charge in [-0.3, -0.25) is 4.98 Å². The van der Waals surface area contributed by atoms with E-state index in [4.69, 9.17) is 10.5 Å².